The van der Waals surface area contributed by atoms with Crippen molar-refractivity contribution >= 4 is 24.2 Å². The zero-order chi connectivity index (χ0) is 25.0. The van der Waals surface area contributed by atoms with E-state index in [1.165, 1.54) is 69.1 Å². The molecule has 32 heavy (non-hydrogen) atoms. The Kier molecular flexibility index (Phi) is 30.6. The SMILES string of the molecule is CCCCCCCCCCCCCN(C)CCN(CC(=O)O)CC(=O)O.O=C=O.O=C=O. The lowest BCUT2D eigenvalue weighted by Crippen LogP contribution is -2.39. The van der Waals surface area contributed by atoms with Crippen LogP contribution in [0.15, 0.2) is 0 Å². The minimum atomic E-state index is -0.987. The molecule has 10 nitrogen and oxygen atoms in total. The first-order chi connectivity index (χ1) is 15.3. The number of unbranched alkanes of at least 4 members (excludes halogenated alkanes) is 10. The van der Waals surface area contributed by atoms with E-state index < -0.39 is 11.9 Å². The molecule has 0 radical (unpaired) electrons. The maximum absolute atomic E-state index is 10.8. The van der Waals surface area contributed by atoms with Crippen LogP contribution in [0.25, 0.3) is 0 Å². The Morgan fingerprint density at radius 3 is 1.31 bits per heavy atom. The fourth-order valence-corrected chi connectivity index (χ4v) is 3.07. The van der Waals surface area contributed by atoms with E-state index >= 15 is 0 Å². The van der Waals surface area contributed by atoms with Crippen LogP contribution in [0.3, 0.4) is 0 Å². The number of carbonyl (C=O) groups excluding carboxylic acids is 4. The molecule has 0 saturated heterocycles. The minimum absolute atomic E-state index is 0.224. The van der Waals surface area contributed by atoms with E-state index in [4.69, 9.17) is 29.4 Å². The normalized spacial score (nSPS) is 9.75. The van der Waals surface area contributed by atoms with Crippen molar-refractivity contribution in [1.82, 2.24) is 9.80 Å². The largest absolute Gasteiger partial charge is 0.480 e. The summed E-state index contributed by atoms with van der Waals surface area (Å²) in [5.41, 5.74) is 0. The summed E-state index contributed by atoms with van der Waals surface area (Å²) >= 11 is 0. The number of carbonyl (C=O) groups is 2. The molecule has 0 aliphatic carbocycles. The van der Waals surface area contributed by atoms with Crippen molar-refractivity contribution in [2.24, 2.45) is 0 Å². The molecule has 0 saturated carbocycles. The fraction of sp³-hybridized carbons (Fsp3) is 0.818. The van der Waals surface area contributed by atoms with Crippen molar-refractivity contribution < 1.29 is 39.0 Å². The molecule has 0 amide bonds. The standard InChI is InChI=1S/C20H40N2O4.2CO2/c1-3-4-5-6-7-8-9-10-11-12-13-14-21(2)15-16-22(17-19(23)24)18-20(25)26;2*2-1-3/h3-18H2,1-2H3,(H,23,24)(H,25,26);;. The highest BCUT2D eigenvalue weighted by atomic mass is 16.4. The zero-order valence-electron chi connectivity index (χ0n) is 19.6. The summed E-state index contributed by atoms with van der Waals surface area (Å²) < 4.78 is 0. The van der Waals surface area contributed by atoms with Crippen LogP contribution in [0.5, 0.6) is 0 Å². The Morgan fingerprint density at radius 2 is 0.969 bits per heavy atom. The van der Waals surface area contributed by atoms with Gasteiger partial charge in [-0.25, -0.2) is 0 Å². The van der Waals surface area contributed by atoms with Gasteiger partial charge in [-0.2, -0.15) is 19.2 Å². The van der Waals surface area contributed by atoms with Crippen molar-refractivity contribution in [2.45, 2.75) is 77.6 Å². The third-order valence-electron chi connectivity index (χ3n) is 4.66. The summed E-state index contributed by atoms with van der Waals surface area (Å²) in [7, 11) is 2.01. The van der Waals surface area contributed by atoms with Gasteiger partial charge in [0.05, 0.1) is 13.1 Å². The van der Waals surface area contributed by atoms with Crippen molar-refractivity contribution in [3.8, 4) is 0 Å². The van der Waals surface area contributed by atoms with E-state index in [0.717, 1.165) is 13.0 Å². The summed E-state index contributed by atoms with van der Waals surface area (Å²) in [6, 6.07) is 0. The molecule has 0 aliphatic heterocycles. The number of likely N-dealkylation sites (N-methyl/N-ethyl adjacent to an activating group) is 1. The monoisotopic (exact) mass is 460 g/mol. The van der Waals surface area contributed by atoms with Gasteiger partial charge in [-0.1, -0.05) is 71.1 Å². The first-order valence-electron chi connectivity index (χ1n) is 11.1. The number of hydrogen-bond donors (Lipinski definition) is 2. The molecule has 0 aromatic rings. The third kappa shape index (κ3) is 35.1. The molecule has 0 unspecified atom stereocenters. The van der Waals surface area contributed by atoms with Gasteiger partial charge in [0.25, 0.3) is 0 Å². The summed E-state index contributed by atoms with van der Waals surface area (Å²) in [5, 5.41) is 17.7. The highest BCUT2D eigenvalue weighted by molar-refractivity contribution is 5.72. The second-order valence-corrected chi connectivity index (χ2v) is 7.50. The Hall–Kier alpha value is -2.38. The number of aliphatic carboxylic acids is 2. The van der Waals surface area contributed by atoms with Gasteiger partial charge in [-0.3, -0.25) is 14.5 Å². The van der Waals surface area contributed by atoms with Crippen LogP contribution in [0, 0.1) is 0 Å². The smallest absolute Gasteiger partial charge is 0.373 e. The molecule has 2 N–H and O–H groups in total. The molecular formula is C22H40N2O8. The van der Waals surface area contributed by atoms with Gasteiger partial charge in [-0.05, 0) is 20.0 Å². The third-order valence-corrected chi connectivity index (χ3v) is 4.66. The predicted molar refractivity (Wildman–Crippen MR) is 116 cm³/mol. The Balaban J connectivity index is -0.00000125. The highest BCUT2D eigenvalue weighted by Crippen LogP contribution is 2.11. The number of carboxylic acid groups (broad SMARTS) is 2. The zero-order valence-corrected chi connectivity index (χ0v) is 19.6. The van der Waals surface area contributed by atoms with E-state index in [-0.39, 0.29) is 25.4 Å². The molecule has 0 aromatic heterocycles. The van der Waals surface area contributed by atoms with Crippen LogP contribution < -0.4 is 0 Å². The lowest BCUT2D eigenvalue weighted by molar-refractivity contribution is -0.193. The first kappa shape index (κ1) is 34.2. The number of nitrogens with zero attached hydrogens (tertiary/aromatic N) is 2. The second kappa shape index (κ2) is 28.6. The van der Waals surface area contributed by atoms with Crippen molar-refractivity contribution in [1.29, 1.82) is 0 Å². The molecule has 0 heterocycles. The van der Waals surface area contributed by atoms with Crippen LogP contribution in [-0.2, 0) is 28.8 Å². The van der Waals surface area contributed by atoms with Crippen LogP contribution in [0.1, 0.15) is 77.6 Å². The molecule has 0 aromatic carbocycles. The van der Waals surface area contributed by atoms with E-state index in [2.05, 4.69) is 11.8 Å². The average molecular weight is 461 g/mol. The fourth-order valence-electron chi connectivity index (χ4n) is 3.07. The van der Waals surface area contributed by atoms with Gasteiger partial charge in [0.1, 0.15) is 0 Å². The van der Waals surface area contributed by atoms with E-state index in [9.17, 15) is 9.59 Å². The Bertz CT molecular complexity index is 488. The summed E-state index contributed by atoms with van der Waals surface area (Å²) in [4.78, 5) is 57.7. The first-order valence-corrected chi connectivity index (χ1v) is 11.1. The summed E-state index contributed by atoms with van der Waals surface area (Å²) in [6.45, 7) is 3.94. The van der Waals surface area contributed by atoms with Gasteiger partial charge in [0.2, 0.25) is 0 Å². The van der Waals surface area contributed by atoms with Crippen LogP contribution in [0.4, 0.5) is 0 Å². The van der Waals surface area contributed by atoms with E-state index in [0.29, 0.717) is 13.1 Å². The molecule has 0 aliphatic rings. The number of rotatable bonds is 19. The van der Waals surface area contributed by atoms with Crippen molar-refractivity contribution in [2.75, 3.05) is 39.8 Å². The Morgan fingerprint density at radius 1 is 0.625 bits per heavy atom. The lowest BCUT2D eigenvalue weighted by Gasteiger charge is -2.22. The van der Waals surface area contributed by atoms with Gasteiger partial charge in [-0.15, -0.1) is 0 Å². The maximum atomic E-state index is 10.8. The lowest BCUT2D eigenvalue weighted by atomic mass is 10.1. The quantitative estimate of drug-likeness (QED) is 0.275. The summed E-state index contributed by atoms with van der Waals surface area (Å²) in [6.07, 6.45) is 15.0. The number of carboxylic acids is 2. The highest BCUT2D eigenvalue weighted by Gasteiger charge is 2.13. The topological polar surface area (TPSA) is 149 Å². The van der Waals surface area contributed by atoms with Gasteiger partial charge in [0, 0.05) is 13.1 Å². The van der Waals surface area contributed by atoms with E-state index in [1.54, 1.807) is 0 Å². The number of hydrogen-bond acceptors (Lipinski definition) is 8. The van der Waals surface area contributed by atoms with Gasteiger partial charge < -0.3 is 15.1 Å². The molecule has 186 valence electrons. The molecular weight excluding hydrogens is 420 g/mol. The second-order valence-electron chi connectivity index (χ2n) is 7.50. The summed E-state index contributed by atoms with van der Waals surface area (Å²) in [5.74, 6) is -1.97. The molecule has 0 rings (SSSR count). The van der Waals surface area contributed by atoms with Gasteiger partial charge >= 0.3 is 24.2 Å². The maximum Gasteiger partial charge on any atom is 0.373 e. The molecule has 10 heteroatoms. The predicted octanol–water partition coefficient (Wildman–Crippen LogP) is 2.53. The van der Waals surface area contributed by atoms with Crippen molar-refractivity contribution in [3.05, 3.63) is 0 Å². The Labute approximate surface area is 190 Å². The van der Waals surface area contributed by atoms with E-state index in [1.807, 2.05) is 7.05 Å². The average Bonchev–Trinajstić information content (AvgIpc) is 2.70. The minimum Gasteiger partial charge on any atom is -0.480 e. The van der Waals surface area contributed by atoms with Gasteiger partial charge in [0.15, 0.2) is 0 Å². The molecule has 0 fully saturated rings. The molecule has 0 spiro atoms. The van der Waals surface area contributed by atoms with Crippen LogP contribution in [0.2, 0.25) is 0 Å². The van der Waals surface area contributed by atoms with Crippen molar-refractivity contribution in [3.63, 3.8) is 0 Å². The van der Waals surface area contributed by atoms with Crippen LogP contribution >= 0.6 is 0 Å². The molecule has 0 atom stereocenters. The van der Waals surface area contributed by atoms with Crippen LogP contribution in [-0.4, -0.2) is 84.0 Å². The molecule has 0 bridgehead atoms.